The molecule has 2 aromatic rings. The van der Waals surface area contributed by atoms with Gasteiger partial charge in [-0.3, -0.25) is 0 Å². The van der Waals surface area contributed by atoms with Gasteiger partial charge in [0.15, 0.2) is 4.77 Å². The standard InChI is InChI=1S/C10H12N2S/c1-3-12-8-6-4-5-7(2)9(8)11-10(12)13/h4-6H,3H2,1-2H3,(H,11,13). The van der Waals surface area contributed by atoms with Crippen LogP contribution in [0.1, 0.15) is 12.5 Å². The van der Waals surface area contributed by atoms with Crippen LogP contribution in [-0.4, -0.2) is 9.55 Å². The molecule has 1 aromatic carbocycles. The Morgan fingerprint density at radius 2 is 2.23 bits per heavy atom. The number of hydrogen-bond acceptors (Lipinski definition) is 1. The van der Waals surface area contributed by atoms with Gasteiger partial charge in [0.05, 0.1) is 11.0 Å². The van der Waals surface area contributed by atoms with Crippen molar-refractivity contribution < 1.29 is 0 Å². The van der Waals surface area contributed by atoms with Crippen molar-refractivity contribution in [1.29, 1.82) is 0 Å². The highest BCUT2D eigenvalue weighted by Crippen LogP contribution is 2.17. The molecule has 0 aliphatic heterocycles. The molecule has 0 aliphatic rings. The van der Waals surface area contributed by atoms with Crippen molar-refractivity contribution in [3.05, 3.63) is 28.5 Å². The molecule has 0 bridgehead atoms. The molecular formula is C10H12N2S. The zero-order valence-electron chi connectivity index (χ0n) is 7.79. The van der Waals surface area contributed by atoms with Crippen LogP contribution in [0.3, 0.4) is 0 Å². The number of aromatic nitrogens is 2. The fourth-order valence-electron chi connectivity index (χ4n) is 1.64. The molecule has 13 heavy (non-hydrogen) atoms. The lowest BCUT2D eigenvalue weighted by Gasteiger charge is -1.99. The van der Waals surface area contributed by atoms with E-state index in [-0.39, 0.29) is 0 Å². The Balaban J connectivity index is 2.94. The maximum Gasteiger partial charge on any atom is 0.178 e. The minimum absolute atomic E-state index is 0.812. The summed E-state index contributed by atoms with van der Waals surface area (Å²) < 4.78 is 2.92. The van der Waals surface area contributed by atoms with Gasteiger partial charge in [-0.1, -0.05) is 12.1 Å². The topological polar surface area (TPSA) is 20.7 Å². The summed E-state index contributed by atoms with van der Waals surface area (Å²) >= 11 is 5.22. The Bertz CT molecular complexity index is 493. The number of imidazole rings is 1. The highest BCUT2D eigenvalue weighted by atomic mass is 32.1. The number of rotatable bonds is 1. The van der Waals surface area contributed by atoms with Crippen molar-refractivity contribution in [3.63, 3.8) is 0 Å². The average Bonchev–Trinajstić information content (AvgIpc) is 2.43. The predicted octanol–water partition coefficient (Wildman–Crippen LogP) is 3.03. The van der Waals surface area contributed by atoms with Gasteiger partial charge < -0.3 is 9.55 Å². The van der Waals surface area contributed by atoms with E-state index in [2.05, 4.69) is 41.6 Å². The van der Waals surface area contributed by atoms with E-state index in [1.165, 1.54) is 11.1 Å². The molecular weight excluding hydrogens is 180 g/mol. The highest BCUT2D eigenvalue weighted by Gasteiger charge is 2.03. The van der Waals surface area contributed by atoms with E-state index in [0.717, 1.165) is 16.8 Å². The lowest BCUT2D eigenvalue weighted by molar-refractivity contribution is 0.774. The summed E-state index contributed by atoms with van der Waals surface area (Å²) in [5, 5.41) is 0. The number of para-hydroxylation sites is 1. The first-order valence-electron chi connectivity index (χ1n) is 4.42. The Kier molecular flexibility index (Phi) is 1.96. The van der Waals surface area contributed by atoms with E-state index in [9.17, 15) is 0 Å². The van der Waals surface area contributed by atoms with Crippen LogP contribution < -0.4 is 0 Å². The van der Waals surface area contributed by atoms with Crippen molar-refractivity contribution in [2.45, 2.75) is 20.4 Å². The van der Waals surface area contributed by atoms with Crippen molar-refractivity contribution in [2.24, 2.45) is 0 Å². The number of fused-ring (bicyclic) bond motifs is 1. The van der Waals surface area contributed by atoms with Crippen molar-refractivity contribution >= 4 is 23.3 Å². The predicted molar refractivity (Wildman–Crippen MR) is 57.5 cm³/mol. The second kappa shape index (κ2) is 3.00. The second-order valence-corrected chi connectivity index (χ2v) is 3.53. The molecule has 1 heterocycles. The summed E-state index contributed by atoms with van der Waals surface area (Å²) in [6.45, 7) is 5.11. The molecule has 0 aliphatic carbocycles. The van der Waals surface area contributed by atoms with Crippen LogP contribution in [0.5, 0.6) is 0 Å². The molecule has 0 saturated heterocycles. The lowest BCUT2D eigenvalue weighted by atomic mass is 10.2. The highest BCUT2D eigenvalue weighted by molar-refractivity contribution is 7.71. The van der Waals surface area contributed by atoms with Gasteiger partial charge in [-0.2, -0.15) is 0 Å². The van der Waals surface area contributed by atoms with E-state index in [1.807, 2.05) is 0 Å². The zero-order valence-corrected chi connectivity index (χ0v) is 8.61. The molecule has 0 saturated carbocycles. The van der Waals surface area contributed by atoms with E-state index in [4.69, 9.17) is 12.2 Å². The normalized spacial score (nSPS) is 10.9. The first-order valence-corrected chi connectivity index (χ1v) is 4.83. The summed E-state index contributed by atoms with van der Waals surface area (Å²) in [4.78, 5) is 3.22. The van der Waals surface area contributed by atoms with Gasteiger partial charge in [-0.15, -0.1) is 0 Å². The van der Waals surface area contributed by atoms with Gasteiger partial charge in [-0.25, -0.2) is 0 Å². The lowest BCUT2D eigenvalue weighted by Crippen LogP contribution is -1.92. The SMILES string of the molecule is CCn1c(=S)[nH]c2c(C)cccc21. The minimum atomic E-state index is 0.812. The summed E-state index contributed by atoms with van der Waals surface area (Å²) in [6, 6.07) is 6.25. The molecule has 0 fully saturated rings. The zero-order chi connectivity index (χ0) is 9.42. The average molecular weight is 192 g/mol. The molecule has 68 valence electrons. The molecule has 0 radical (unpaired) electrons. The van der Waals surface area contributed by atoms with Crippen LogP contribution in [0.2, 0.25) is 0 Å². The fraction of sp³-hybridized carbons (Fsp3) is 0.300. The van der Waals surface area contributed by atoms with Crippen molar-refractivity contribution in [3.8, 4) is 0 Å². The summed E-state index contributed by atoms with van der Waals surface area (Å²) in [7, 11) is 0. The second-order valence-electron chi connectivity index (χ2n) is 3.14. The van der Waals surface area contributed by atoms with Crippen LogP contribution in [0, 0.1) is 11.7 Å². The molecule has 3 heteroatoms. The number of aromatic amines is 1. The first kappa shape index (κ1) is 8.51. The van der Waals surface area contributed by atoms with Crippen molar-refractivity contribution in [1.82, 2.24) is 9.55 Å². The third-order valence-electron chi connectivity index (χ3n) is 2.33. The Labute approximate surface area is 82.2 Å². The monoisotopic (exact) mass is 192 g/mol. The maximum absolute atomic E-state index is 5.22. The van der Waals surface area contributed by atoms with Crippen LogP contribution in [0.15, 0.2) is 18.2 Å². The van der Waals surface area contributed by atoms with E-state index >= 15 is 0 Å². The van der Waals surface area contributed by atoms with Crippen molar-refractivity contribution in [2.75, 3.05) is 0 Å². The van der Waals surface area contributed by atoms with Crippen LogP contribution >= 0.6 is 12.2 Å². The molecule has 2 rings (SSSR count). The van der Waals surface area contributed by atoms with Gasteiger partial charge in [0.2, 0.25) is 0 Å². The molecule has 0 amide bonds. The van der Waals surface area contributed by atoms with Crippen LogP contribution in [0.4, 0.5) is 0 Å². The number of nitrogens with one attached hydrogen (secondary N) is 1. The number of H-pyrrole nitrogens is 1. The summed E-state index contributed by atoms with van der Waals surface area (Å²) in [6.07, 6.45) is 0. The molecule has 0 atom stereocenters. The Hall–Kier alpha value is -1.09. The van der Waals surface area contributed by atoms with Crippen LogP contribution in [0.25, 0.3) is 11.0 Å². The first-order chi connectivity index (χ1) is 6.24. The Morgan fingerprint density at radius 1 is 1.46 bits per heavy atom. The van der Waals surface area contributed by atoms with Gasteiger partial charge in [-0.05, 0) is 37.7 Å². The summed E-state index contributed by atoms with van der Waals surface area (Å²) in [5.74, 6) is 0. The summed E-state index contributed by atoms with van der Waals surface area (Å²) in [5.41, 5.74) is 3.61. The van der Waals surface area contributed by atoms with Crippen LogP contribution in [-0.2, 0) is 6.54 Å². The Morgan fingerprint density at radius 3 is 2.92 bits per heavy atom. The van der Waals surface area contributed by atoms with Gasteiger partial charge in [0, 0.05) is 6.54 Å². The molecule has 0 unspecified atom stereocenters. The number of aryl methyl sites for hydroxylation is 2. The molecule has 2 nitrogen and oxygen atoms in total. The van der Waals surface area contributed by atoms with E-state index in [1.54, 1.807) is 0 Å². The third-order valence-corrected chi connectivity index (χ3v) is 2.66. The largest absolute Gasteiger partial charge is 0.330 e. The number of hydrogen-bond donors (Lipinski definition) is 1. The van der Waals surface area contributed by atoms with Gasteiger partial charge in [0.25, 0.3) is 0 Å². The van der Waals surface area contributed by atoms with Gasteiger partial charge >= 0.3 is 0 Å². The van der Waals surface area contributed by atoms with E-state index < -0.39 is 0 Å². The molecule has 1 N–H and O–H groups in total. The quantitative estimate of drug-likeness (QED) is 0.689. The minimum Gasteiger partial charge on any atom is -0.330 e. The fourth-order valence-corrected chi connectivity index (χ4v) is 1.97. The molecule has 1 aromatic heterocycles. The molecule has 0 spiro atoms. The van der Waals surface area contributed by atoms with Gasteiger partial charge in [0.1, 0.15) is 0 Å². The number of nitrogens with zero attached hydrogens (tertiary/aromatic N) is 1. The number of benzene rings is 1. The van der Waals surface area contributed by atoms with E-state index in [0.29, 0.717) is 0 Å². The smallest absolute Gasteiger partial charge is 0.178 e. The third kappa shape index (κ3) is 1.20. The maximum atomic E-state index is 5.22.